The van der Waals surface area contributed by atoms with Crippen molar-refractivity contribution in [2.45, 2.75) is 46.5 Å². The molecular formula is C13H20N2O2. The van der Waals surface area contributed by atoms with Crippen molar-refractivity contribution in [3.8, 4) is 0 Å². The summed E-state index contributed by atoms with van der Waals surface area (Å²) in [7, 11) is 0. The number of carbonyl (C=O) groups is 1. The molecule has 1 N–H and O–H groups in total. The van der Waals surface area contributed by atoms with Gasteiger partial charge in [0.15, 0.2) is 0 Å². The Labute approximate surface area is 102 Å². The van der Waals surface area contributed by atoms with Gasteiger partial charge in [0.25, 0.3) is 0 Å². The Morgan fingerprint density at radius 2 is 2.35 bits per heavy atom. The number of aromatic nitrogens is 1. The minimum absolute atomic E-state index is 0.0113. The van der Waals surface area contributed by atoms with Gasteiger partial charge in [-0.3, -0.25) is 10.1 Å². The molecule has 0 saturated heterocycles. The first-order chi connectivity index (χ1) is 8.06. The summed E-state index contributed by atoms with van der Waals surface area (Å²) < 4.78 is 5.24. The summed E-state index contributed by atoms with van der Waals surface area (Å²) in [5, 5.41) is 6.87. The lowest BCUT2D eigenvalue weighted by Gasteiger charge is -2.16. The van der Waals surface area contributed by atoms with Crippen molar-refractivity contribution in [1.29, 1.82) is 0 Å². The number of hydrogen-bond acceptors (Lipinski definition) is 3. The van der Waals surface area contributed by atoms with Crippen molar-refractivity contribution in [2.75, 3.05) is 5.32 Å². The number of rotatable bonds is 3. The number of nitrogens with zero attached hydrogens (tertiary/aromatic N) is 1. The fraction of sp³-hybridized carbons (Fsp3) is 0.692. The third-order valence-electron chi connectivity index (χ3n) is 3.14. The largest absolute Gasteiger partial charge is 0.338 e. The Kier molecular flexibility index (Phi) is 3.50. The van der Waals surface area contributed by atoms with E-state index >= 15 is 0 Å². The number of aryl methyl sites for hydroxylation is 1. The molecule has 1 aliphatic rings. The first-order valence-electron chi connectivity index (χ1n) is 6.33. The average molecular weight is 236 g/mol. The highest BCUT2D eigenvalue weighted by Gasteiger charge is 2.24. The van der Waals surface area contributed by atoms with E-state index in [0.717, 1.165) is 30.5 Å². The second kappa shape index (κ2) is 4.90. The smallest absolute Gasteiger partial charge is 0.234 e. The molecular weight excluding hydrogens is 216 g/mol. The van der Waals surface area contributed by atoms with Crippen molar-refractivity contribution in [3.05, 3.63) is 11.3 Å². The van der Waals surface area contributed by atoms with Crippen LogP contribution in [0.2, 0.25) is 0 Å². The minimum Gasteiger partial charge on any atom is -0.338 e. The summed E-state index contributed by atoms with van der Waals surface area (Å²) in [5.41, 5.74) is 2.11. The van der Waals surface area contributed by atoms with Crippen LogP contribution in [-0.2, 0) is 17.6 Å². The van der Waals surface area contributed by atoms with E-state index in [0.29, 0.717) is 24.1 Å². The number of carbonyl (C=O) groups excluding carboxylic acids is 1. The molecule has 0 bridgehead atoms. The van der Waals surface area contributed by atoms with Crippen LogP contribution in [0.3, 0.4) is 0 Å². The molecule has 1 aliphatic carbocycles. The molecule has 0 aromatic carbocycles. The Bertz CT molecular complexity index is 410. The molecule has 1 amide bonds. The number of nitrogens with one attached hydrogen (secondary N) is 1. The topological polar surface area (TPSA) is 55.1 Å². The predicted molar refractivity (Wildman–Crippen MR) is 65.8 cm³/mol. The molecule has 17 heavy (non-hydrogen) atoms. The molecule has 0 aliphatic heterocycles. The van der Waals surface area contributed by atoms with Gasteiger partial charge >= 0.3 is 0 Å². The summed E-state index contributed by atoms with van der Waals surface area (Å²) in [6, 6.07) is 0. The Hall–Kier alpha value is -1.32. The molecule has 94 valence electrons. The SMILES string of the molecule is CC(C)CC(=O)Nc1onc2c1C[C@@H](C)CC2. The van der Waals surface area contributed by atoms with Crippen LogP contribution in [0, 0.1) is 11.8 Å². The third kappa shape index (κ3) is 2.87. The van der Waals surface area contributed by atoms with Crippen molar-refractivity contribution < 1.29 is 9.32 Å². The number of anilines is 1. The van der Waals surface area contributed by atoms with Crippen LogP contribution in [0.25, 0.3) is 0 Å². The molecule has 1 aromatic heterocycles. The van der Waals surface area contributed by atoms with Gasteiger partial charge in [-0.2, -0.15) is 0 Å². The lowest BCUT2D eigenvalue weighted by Crippen LogP contribution is -2.16. The second-order valence-electron chi connectivity index (χ2n) is 5.43. The van der Waals surface area contributed by atoms with Gasteiger partial charge in [-0.1, -0.05) is 25.9 Å². The van der Waals surface area contributed by atoms with E-state index in [2.05, 4.69) is 17.4 Å². The molecule has 1 aromatic rings. The third-order valence-corrected chi connectivity index (χ3v) is 3.14. The summed E-state index contributed by atoms with van der Waals surface area (Å²) in [5.74, 6) is 1.57. The molecule has 1 heterocycles. The van der Waals surface area contributed by atoms with Crippen LogP contribution in [-0.4, -0.2) is 11.1 Å². The van der Waals surface area contributed by atoms with Crippen LogP contribution in [0.15, 0.2) is 4.52 Å². The minimum atomic E-state index is 0.0113. The zero-order valence-corrected chi connectivity index (χ0v) is 10.7. The predicted octanol–water partition coefficient (Wildman–Crippen LogP) is 2.78. The number of hydrogen-bond donors (Lipinski definition) is 1. The van der Waals surface area contributed by atoms with Gasteiger partial charge in [0, 0.05) is 12.0 Å². The van der Waals surface area contributed by atoms with Gasteiger partial charge in [0.2, 0.25) is 11.8 Å². The normalized spacial score (nSPS) is 19.2. The Balaban J connectivity index is 2.07. The van der Waals surface area contributed by atoms with Gasteiger partial charge in [-0.05, 0) is 31.1 Å². The number of amides is 1. The average Bonchev–Trinajstić information content (AvgIpc) is 2.60. The van der Waals surface area contributed by atoms with Crippen LogP contribution >= 0.6 is 0 Å². The Morgan fingerprint density at radius 3 is 3.06 bits per heavy atom. The van der Waals surface area contributed by atoms with Gasteiger partial charge in [-0.25, -0.2) is 0 Å². The number of fused-ring (bicyclic) bond motifs is 1. The maximum absolute atomic E-state index is 11.7. The van der Waals surface area contributed by atoms with Gasteiger partial charge in [0.05, 0.1) is 5.69 Å². The summed E-state index contributed by atoms with van der Waals surface area (Å²) >= 11 is 0. The molecule has 4 heteroatoms. The highest BCUT2D eigenvalue weighted by molar-refractivity contribution is 5.90. The first kappa shape index (κ1) is 12.1. The maximum atomic E-state index is 11.7. The monoisotopic (exact) mass is 236 g/mol. The van der Waals surface area contributed by atoms with E-state index in [1.54, 1.807) is 0 Å². The second-order valence-corrected chi connectivity index (χ2v) is 5.43. The van der Waals surface area contributed by atoms with E-state index in [9.17, 15) is 4.79 Å². The lowest BCUT2D eigenvalue weighted by molar-refractivity contribution is -0.117. The fourth-order valence-corrected chi connectivity index (χ4v) is 2.23. The molecule has 0 radical (unpaired) electrons. The summed E-state index contributed by atoms with van der Waals surface area (Å²) in [6.07, 6.45) is 3.58. The van der Waals surface area contributed by atoms with E-state index in [-0.39, 0.29) is 5.91 Å². The fourth-order valence-electron chi connectivity index (χ4n) is 2.23. The summed E-state index contributed by atoms with van der Waals surface area (Å²) in [6.45, 7) is 6.27. The first-order valence-corrected chi connectivity index (χ1v) is 6.33. The molecule has 1 atom stereocenters. The maximum Gasteiger partial charge on any atom is 0.234 e. The van der Waals surface area contributed by atoms with E-state index < -0.39 is 0 Å². The van der Waals surface area contributed by atoms with Crippen molar-refractivity contribution in [2.24, 2.45) is 11.8 Å². The van der Waals surface area contributed by atoms with Crippen molar-refractivity contribution in [1.82, 2.24) is 5.16 Å². The molecule has 4 nitrogen and oxygen atoms in total. The van der Waals surface area contributed by atoms with Crippen LogP contribution in [0.5, 0.6) is 0 Å². The molecule has 0 saturated carbocycles. The standard InChI is InChI=1S/C13H20N2O2/c1-8(2)6-12(16)14-13-10-7-9(3)4-5-11(10)15-17-13/h8-9H,4-7H2,1-3H3,(H,14,16)/t9-/m0/s1. The van der Waals surface area contributed by atoms with Crippen LogP contribution in [0.1, 0.15) is 44.9 Å². The van der Waals surface area contributed by atoms with Crippen molar-refractivity contribution >= 4 is 11.8 Å². The Morgan fingerprint density at radius 1 is 1.59 bits per heavy atom. The molecule has 0 fully saturated rings. The highest BCUT2D eigenvalue weighted by atomic mass is 16.5. The molecule has 2 rings (SSSR count). The van der Waals surface area contributed by atoms with Crippen LogP contribution < -0.4 is 5.32 Å². The summed E-state index contributed by atoms with van der Waals surface area (Å²) in [4.78, 5) is 11.7. The van der Waals surface area contributed by atoms with E-state index in [1.807, 2.05) is 13.8 Å². The molecule has 0 spiro atoms. The van der Waals surface area contributed by atoms with Crippen molar-refractivity contribution in [3.63, 3.8) is 0 Å². The van der Waals surface area contributed by atoms with Gasteiger partial charge < -0.3 is 4.52 Å². The van der Waals surface area contributed by atoms with Crippen LogP contribution in [0.4, 0.5) is 5.88 Å². The van der Waals surface area contributed by atoms with Gasteiger partial charge in [-0.15, -0.1) is 0 Å². The van der Waals surface area contributed by atoms with E-state index in [1.165, 1.54) is 0 Å². The highest BCUT2D eigenvalue weighted by Crippen LogP contribution is 2.30. The lowest BCUT2D eigenvalue weighted by atomic mass is 9.89. The quantitative estimate of drug-likeness (QED) is 0.878. The zero-order valence-electron chi connectivity index (χ0n) is 10.7. The van der Waals surface area contributed by atoms with Gasteiger partial charge in [0.1, 0.15) is 0 Å². The zero-order chi connectivity index (χ0) is 12.4. The molecule has 0 unspecified atom stereocenters. The van der Waals surface area contributed by atoms with E-state index in [4.69, 9.17) is 4.52 Å².